The summed E-state index contributed by atoms with van der Waals surface area (Å²) in [5.41, 5.74) is 0.310. The van der Waals surface area contributed by atoms with Crippen molar-refractivity contribution in [3.8, 4) is 0 Å². The van der Waals surface area contributed by atoms with Crippen molar-refractivity contribution in [2.45, 2.75) is 58.9 Å². The second-order valence-electron chi connectivity index (χ2n) is 5.80. The lowest BCUT2D eigenvalue weighted by Gasteiger charge is -2.06. The van der Waals surface area contributed by atoms with Crippen LogP contribution in [0, 0.1) is 6.92 Å². The molecule has 0 aliphatic carbocycles. The van der Waals surface area contributed by atoms with Crippen molar-refractivity contribution < 1.29 is 9.53 Å². The number of carbonyl (C=O) groups excluding carboxylic acids is 1. The molecule has 0 aromatic carbocycles. The minimum atomic E-state index is -0.347. The molecule has 0 fully saturated rings. The number of aromatic amines is 1. The van der Waals surface area contributed by atoms with Crippen LogP contribution in [0.1, 0.15) is 51.0 Å². The standard InChI is InChI=1S/C17H26N2O4/c1-13(2)16(21)23-11-9-7-5-4-6-8-10-19-12-14(3)15(20)18-17(19)22/h12H,1,4-11H2,2-3H3,(H,18,20,22). The van der Waals surface area contributed by atoms with E-state index in [1.807, 2.05) is 0 Å². The van der Waals surface area contributed by atoms with Gasteiger partial charge in [0.2, 0.25) is 0 Å². The third-order valence-corrected chi connectivity index (χ3v) is 3.56. The summed E-state index contributed by atoms with van der Waals surface area (Å²) < 4.78 is 6.57. The Morgan fingerprint density at radius 1 is 1.17 bits per heavy atom. The van der Waals surface area contributed by atoms with E-state index < -0.39 is 0 Å². The third kappa shape index (κ3) is 7.13. The Labute approximate surface area is 136 Å². The lowest BCUT2D eigenvalue weighted by Crippen LogP contribution is -2.30. The van der Waals surface area contributed by atoms with Gasteiger partial charge in [-0.3, -0.25) is 9.78 Å². The number of unbranched alkanes of at least 4 members (excludes halogenated alkanes) is 5. The molecule has 1 heterocycles. The average molecular weight is 322 g/mol. The Morgan fingerprint density at radius 2 is 1.78 bits per heavy atom. The highest BCUT2D eigenvalue weighted by Gasteiger charge is 2.02. The molecule has 1 aromatic rings. The molecule has 6 nitrogen and oxygen atoms in total. The largest absolute Gasteiger partial charge is 0.462 e. The molecule has 0 saturated heterocycles. The first-order chi connectivity index (χ1) is 10.9. The van der Waals surface area contributed by atoms with Crippen LogP contribution < -0.4 is 11.2 Å². The number of nitrogens with zero attached hydrogens (tertiary/aromatic N) is 1. The van der Waals surface area contributed by atoms with Gasteiger partial charge in [-0.05, 0) is 26.7 Å². The maximum absolute atomic E-state index is 11.6. The molecule has 0 aliphatic rings. The van der Waals surface area contributed by atoms with Gasteiger partial charge in [-0.2, -0.15) is 0 Å². The number of aromatic nitrogens is 2. The lowest BCUT2D eigenvalue weighted by molar-refractivity contribution is -0.139. The number of carbonyl (C=O) groups is 1. The summed E-state index contributed by atoms with van der Waals surface area (Å²) in [5.74, 6) is -0.327. The first kappa shape index (κ1) is 18.9. The van der Waals surface area contributed by atoms with Gasteiger partial charge < -0.3 is 9.30 Å². The van der Waals surface area contributed by atoms with E-state index in [4.69, 9.17) is 4.74 Å². The van der Waals surface area contributed by atoms with Crippen LogP contribution in [0.3, 0.4) is 0 Å². The zero-order valence-electron chi connectivity index (χ0n) is 14.0. The molecule has 0 aliphatic heterocycles. The fraction of sp³-hybridized carbons (Fsp3) is 0.588. The van der Waals surface area contributed by atoms with Gasteiger partial charge in [-0.15, -0.1) is 0 Å². The van der Waals surface area contributed by atoms with E-state index in [0.717, 1.165) is 38.5 Å². The molecular weight excluding hydrogens is 296 g/mol. The summed E-state index contributed by atoms with van der Waals surface area (Å²) in [7, 11) is 0. The normalized spacial score (nSPS) is 10.5. The van der Waals surface area contributed by atoms with Gasteiger partial charge in [-0.1, -0.05) is 32.3 Å². The molecule has 128 valence electrons. The molecular formula is C17H26N2O4. The highest BCUT2D eigenvalue weighted by Crippen LogP contribution is 2.07. The van der Waals surface area contributed by atoms with Crippen molar-refractivity contribution in [2.75, 3.05) is 6.61 Å². The van der Waals surface area contributed by atoms with Crippen molar-refractivity contribution in [2.24, 2.45) is 0 Å². The van der Waals surface area contributed by atoms with Gasteiger partial charge in [0.05, 0.1) is 6.61 Å². The average Bonchev–Trinajstić information content (AvgIpc) is 2.50. The Bertz CT molecular complexity index is 643. The summed E-state index contributed by atoms with van der Waals surface area (Å²) >= 11 is 0. The van der Waals surface area contributed by atoms with Crippen molar-refractivity contribution in [1.82, 2.24) is 9.55 Å². The van der Waals surface area contributed by atoms with Crippen LogP contribution in [-0.2, 0) is 16.1 Å². The summed E-state index contributed by atoms with van der Waals surface area (Å²) in [5, 5.41) is 0. The summed E-state index contributed by atoms with van der Waals surface area (Å²) in [6.45, 7) is 7.91. The lowest BCUT2D eigenvalue weighted by atomic mass is 10.1. The van der Waals surface area contributed by atoms with Crippen LogP contribution in [0.5, 0.6) is 0 Å². The van der Waals surface area contributed by atoms with Crippen LogP contribution in [0.2, 0.25) is 0 Å². The zero-order chi connectivity index (χ0) is 17.2. The fourth-order valence-electron chi connectivity index (χ4n) is 2.16. The van der Waals surface area contributed by atoms with Crippen molar-refractivity contribution in [1.29, 1.82) is 0 Å². The predicted molar refractivity (Wildman–Crippen MR) is 89.5 cm³/mol. The molecule has 0 unspecified atom stereocenters. The van der Waals surface area contributed by atoms with E-state index in [1.54, 1.807) is 24.6 Å². The van der Waals surface area contributed by atoms with Crippen LogP contribution in [0.15, 0.2) is 27.9 Å². The smallest absolute Gasteiger partial charge is 0.333 e. The molecule has 0 spiro atoms. The molecule has 0 amide bonds. The van der Waals surface area contributed by atoms with Gasteiger partial charge in [0.15, 0.2) is 0 Å². The molecule has 1 rings (SSSR count). The van der Waals surface area contributed by atoms with E-state index in [-0.39, 0.29) is 17.2 Å². The fourth-order valence-corrected chi connectivity index (χ4v) is 2.16. The first-order valence-electron chi connectivity index (χ1n) is 8.05. The molecule has 0 radical (unpaired) electrons. The minimum Gasteiger partial charge on any atom is -0.462 e. The number of esters is 1. The minimum absolute atomic E-state index is 0.321. The van der Waals surface area contributed by atoms with Gasteiger partial charge in [0.1, 0.15) is 0 Å². The van der Waals surface area contributed by atoms with Gasteiger partial charge in [0.25, 0.3) is 5.56 Å². The number of rotatable bonds is 10. The van der Waals surface area contributed by atoms with Crippen molar-refractivity contribution in [3.63, 3.8) is 0 Å². The van der Waals surface area contributed by atoms with E-state index >= 15 is 0 Å². The Morgan fingerprint density at radius 3 is 2.43 bits per heavy atom. The molecule has 1 N–H and O–H groups in total. The topological polar surface area (TPSA) is 81.2 Å². The maximum atomic E-state index is 11.6. The molecule has 1 aromatic heterocycles. The summed E-state index contributed by atoms with van der Waals surface area (Å²) in [6.07, 6.45) is 7.55. The second-order valence-corrected chi connectivity index (χ2v) is 5.80. The number of nitrogens with one attached hydrogen (secondary N) is 1. The zero-order valence-corrected chi connectivity index (χ0v) is 14.0. The van der Waals surface area contributed by atoms with Crippen LogP contribution in [0.4, 0.5) is 0 Å². The molecule has 6 heteroatoms. The van der Waals surface area contributed by atoms with Gasteiger partial charge >= 0.3 is 11.7 Å². The van der Waals surface area contributed by atoms with Gasteiger partial charge in [-0.25, -0.2) is 9.59 Å². The number of aryl methyl sites for hydroxylation is 2. The van der Waals surface area contributed by atoms with Crippen LogP contribution in [-0.4, -0.2) is 22.1 Å². The maximum Gasteiger partial charge on any atom is 0.333 e. The summed E-state index contributed by atoms with van der Waals surface area (Å²) in [4.78, 5) is 36.3. The second kappa shape index (κ2) is 9.82. The van der Waals surface area contributed by atoms with Crippen LogP contribution in [0.25, 0.3) is 0 Å². The predicted octanol–water partition coefficient (Wildman–Crippen LogP) is 2.30. The number of H-pyrrole nitrogens is 1. The molecule has 0 saturated carbocycles. The van der Waals surface area contributed by atoms with Crippen LogP contribution >= 0.6 is 0 Å². The molecule has 23 heavy (non-hydrogen) atoms. The SMILES string of the molecule is C=C(C)C(=O)OCCCCCCCCn1cc(C)c(=O)[nH]c1=O. The molecule has 0 atom stereocenters. The quantitative estimate of drug-likeness (QED) is 0.407. The third-order valence-electron chi connectivity index (χ3n) is 3.56. The molecule has 0 bridgehead atoms. The number of hydrogen-bond acceptors (Lipinski definition) is 4. The Hall–Kier alpha value is -2.11. The van der Waals surface area contributed by atoms with E-state index in [1.165, 1.54) is 0 Å². The van der Waals surface area contributed by atoms with Gasteiger partial charge in [0, 0.05) is 23.9 Å². The van der Waals surface area contributed by atoms with Crippen molar-refractivity contribution >= 4 is 5.97 Å². The van der Waals surface area contributed by atoms with E-state index in [0.29, 0.717) is 24.3 Å². The summed E-state index contributed by atoms with van der Waals surface area (Å²) in [6, 6.07) is 0. The highest BCUT2D eigenvalue weighted by molar-refractivity contribution is 5.86. The van der Waals surface area contributed by atoms with Crippen molar-refractivity contribution in [3.05, 3.63) is 44.8 Å². The Balaban J connectivity index is 2.09. The highest BCUT2D eigenvalue weighted by atomic mass is 16.5. The van der Waals surface area contributed by atoms with E-state index in [2.05, 4.69) is 11.6 Å². The number of hydrogen-bond donors (Lipinski definition) is 1. The number of ether oxygens (including phenoxy) is 1. The first-order valence-corrected chi connectivity index (χ1v) is 8.05. The monoisotopic (exact) mass is 322 g/mol. The Kier molecular flexibility index (Phi) is 8.08. The van der Waals surface area contributed by atoms with E-state index in [9.17, 15) is 14.4 Å².